The smallest absolute Gasteiger partial charge is 0.0462 e. The van der Waals surface area contributed by atoms with Crippen LogP contribution in [-0.2, 0) is 0 Å². The summed E-state index contributed by atoms with van der Waals surface area (Å²) >= 11 is 0. The first-order chi connectivity index (χ1) is 14.8. The zero-order valence-electron chi connectivity index (χ0n) is 21.6. The summed E-state index contributed by atoms with van der Waals surface area (Å²) in [6.45, 7) is 15.4. The van der Waals surface area contributed by atoms with Crippen molar-refractivity contribution in [1.82, 2.24) is 0 Å². The number of aliphatic hydroxyl groups is 1. The van der Waals surface area contributed by atoms with Crippen LogP contribution < -0.4 is 0 Å². The summed E-state index contributed by atoms with van der Waals surface area (Å²) in [5, 5.41) is 9.95. The van der Waals surface area contributed by atoms with E-state index in [9.17, 15) is 5.11 Å². The van der Waals surface area contributed by atoms with Crippen LogP contribution in [0.3, 0.4) is 0 Å². The average molecular weight is 429 g/mol. The van der Waals surface area contributed by atoms with Gasteiger partial charge in [0.05, 0.1) is 0 Å². The second-order valence-electron chi connectivity index (χ2n) is 13.0. The highest BCUT2D eigenvalue weighted by atomic mass is 16.3. The fourth-order valence-corrected chi connectivity index (χ4v) is 9.93. The van der Waals surface area contributed by atoms with E-state index in [0.29, 0.717) is 23.4 Å². The van der Waals surface area contributed by atoms with E-state index in [1.807, 2.05) is 0 Å². The maximum atomic E-state index is 9.95. The molecule has 4 aliphatic rings. The molecule has 1 N–H and O–H groups in total. The molecule has 0 bridgehead atoms. The summed E-state index contributed by atoms with van der Waals surface area (Å²) in [6.07, 6.45) is 19.1. The molecule has 0 unspecified atom stereocenters. The molecule has 4 fully saturated rings. The van der Waals surface area contributed by atoms with Crippen molar-refractivity contribution in [2.45, 2.75) is 106 Å². The van der Waals surface area contributed by atoms with Crippen LogP contribution in [0.2, 0.25) is 0 Å². The molecule has 4 aliphatic carbocycles. The van der Waals surface area contributed by atoms with Crippen molar-refractivity contribution in [3.8, 4) is 0 Å². The summed E-state index contributed by atoms with van der Waals surface area (Å²) in [7, 11) is 0. The minimum atomic E-state index is 0.431. The number of rotatable bonds is 7. The van der Waals surface area contributed by atoms with Gasteiger partial charge < -0.3 is 5.11 Å². The van der Waals surface area contributed by atoms with Crippen LogP contribution in [0.1, 0.15) is 106 Å². The quantitative estimate of drug-likeness (QED) is 0.406. The number of hydrogen-bond donors (Lipinski definition) is 1. The van der Waals surface area contributed by atoms with Crippen molar-refractivity contribution in [3.05, 3.63) is 12.2 Å². The molecule has 0 aliphatic heterocycles. The van der Waals surface area contributed by atoms with Crippen LogP contribution >= 0.6 is 0 Å². The molecule has 31 heavy (non-hydrogen) atoms. The molecule has 0 saturated heterocycles. The first kappa shape index (κ1) is 23.8. The topological polar surface area (TPSA) is 20.2 Å². The van der Waals surface area contributed by atoms with Crippen LogP contribution in [0.25, 0.3) is 0 Å². The molecule has 4 saturated carbocycles. The van der Waals surface area contributed by atoms with Crippen molar-refractivity contribution in [1.29, 1.82) is 0 Å². The van der Waals surface area contributed by atoms with Gasteiger partial charge in [-0.2, -0.15) is 0 Å². The first-order valence-electron chi connectivity index (χ1n) is 14.1. The third kappa shape index (κ3) is 3.87. The average Bonchev–Trinajstić information content (AvgIpc) is 3.30. The summed E-state index contributed by atoms with van der Waals surface area (Å²) in [6, 6.07) is 0. The van der Waals surface area contributed by atoms with Crippen molar-refractivity contribution in [3.63, 3.8) is 0 Å². The molecule has 0 amide bonds. The molecule has 0 aromatic carbocycles. The van der Waals surface area contributed by atoms with Gasteiger partial charge in [0.15, 0.2) is 0 Å². The monoisotopic (exact) mass is 428 g/mol. The van der Waals surface area contributed by atoms with Crippen molar-refractivity contribution >= 4 is 0 Å². The van der Waals surface area contributed by atoms with E-state index in [1.54, 1.807) is 0 Å². The third-order valence-corrected chi connectivity index (χ3v) is 12.0. The van der Waals surface area contributed by atoms with Gasteiger partial charge in [-0.05, 0) is 122 Å². The lowest BCUT2D eigenvalue weighted by molar-refractivity contribution is -0.0956. The van der Waals surface area contributed by atoms with E-state index in [4.69, 9.17) is 0 Å². The van der Waals surface area contributed by atoms with Crippen LogP contribution in [0.5, 0.6) is 0 Å². The Labute approximate surface area is 193 Å². The molecule has 0 radical (unpaired) electrons. The van der Waals surface area contributed by atoms with Gasteiger partial charge in [0.1, 0.15) is 0 Å². The highest BCUT2D eigenvalue weighted by Gasteiger charge is 2.61. The van der Waals surface area contributed by atoms with Crippen molar-refractivity contribution in [2.75, 3.05) is 6.61 Å². The standard InChI is InChI=1S/C30H52O/c1-7-20(3)22(8-2)10-9-21(4)25-13-14-27-24-11-12-26-23(19-31)15-17-30(26,6)28(24)16-18-29(25,27)5/h9-10,20-28,31H,7-8,11-19H2,1-6H3/b10-9+/t20-,21+,22-,23+,24-,25+,26-,27-,28-,29+,30-/m0/s1. The van der Waals surface area contributed by atoms with Gasteiger partial charge in [-0.25, -0.2) is 0 Å². The zero-order valence-corrected chi connectivity index (χ0v) is 21.6. The lowest BCUT2D eigenvalue weighted by Crippen LogP contribution is -2.51. The molecule has 178 valence electrons. The Morgan fingerprint density at radius 1 is 0.806 bits per heavy atom. The van der Waals surface area contributed by atoms with Gasteiger partial charge in [-0.3, -0.25) is 0 Å². The first-order valence-corrected chi connectivity index (χ1v) is 14.1. The van der Waals surface area contributed by atoms with Crippen LogP contribution in [0.15, 0.2) is 12.2 Å². The molecule has 1 nitrogen and oxygen atoms in total. The Kier molecular flexibility index (Phi) is 7.04. The Balaban J connectivity index is 1.48. The minimum Gasteiger partial charge on any atom is -0.396 e. The largest absolute Gasteiger partial charge is 0.396 e. The highest BCUT2D eigenvalue weighted by Crippen LogP contribution is 2.69. The minimum absolute atomic E-state index is 0.431. The molecular formula is C30H52O. The highest BCUT2D eigenvalue weighted by molar-refractivity contribution is 5.12. The Hall–Kier alpha value is -0.300. The van der Waals surface area contributed by atoms with Crippen LogP contribution in [-0.4, -0.2) is 11.7 Å². The van der Waals surface area contributed by atoms with E-state index in [2.05, 4.69) is 53.7 Å². The zero-order chi connectivity index (χ0) is 22.4. The van der Waals surface area contributed by atoms with E-state index in [1.165, 1.54) is 64.2 Å². The molecule has 1 heteroatoms. The molecule has 0 aromatic heterocycles. The van der Waals surface area contributed by atoms with Gasteiger partial charge in [0, 0.05) is 6.61 Å². The molecular weight excluding hydrogens is 376 g/mol. The summed E-state index contributed by atoms with van der Waals surface area (Å²) in [5.74, 6) is 7.40. The number of hydrogen-bond acceptors (Lipinski definition) is 1. The number of aliphatic hydroxyl groups excluding tert-OH is 1. The number of fused-ring (bicyclic) bond motifs is 5. The predicted octanol–water partition coefficient (Wildman–Crippen LogP) is 8.13. The maximum absolute atomic E-state index is 9.95. The predicted molar refractivity (Wildman–Crippen MR) is 133 cm³/mol. The molecule has 4 rings (SSSR count). The summed E-state index contributed by atoms with van der Waals surface area (Å²) < 4.78 is 0. The Morgan fingerprint density at radius 2 is 1.48 bits per heavy atom. The lowest BCUT2D eigenvalue weighted by Gasteiger charge is -2.58. The van der Waals surface area contributed by atoms with E-state index in [0.717, 1.165) is 47.3 Å². The van der Waals surface area contributed by atoms with Crippen molar-refractivity contribution in [2.24, 2.45) is 64.1 Å². The fraction of sp³-hybridized carbons (Fsp3) is 0.933. The van der Waals surface area contributed by atoms with Gasteiger partial charge in [-0.15, -0.1) is 0 Å². The van der Waals surface area contributed by atoms with Crippen molar-refractivity contribution < 1.29 is 5.11 Å². The van der Waals surface area contributed by atoms with Gasteiger partial charge >= 0.3 is 0 Å². The normalized spacial score (nSPS) is 47.6. The van der Waals surface area contributed by atoms with Gasteiger partial charge in [0.25, 0.3) is 0 Å². The van der Waals surface area contributed by atoms with Gasteiger partial charge in [0.2, 0.25) is 0 Å². The lowest BCUT2D eigenvalue weighted by atomic mass is 9.47. The maximum Gasteiger partial charge on any atom is 0.0462 e. The second kappa shape index (κ2) is 9.15. The van der Waals surface area contributed by atoms with Crippen LogP contribution in [0.4, 0.5) is 0 Å². The summed E-state index contributed by atoms with van der Waals surface area (Å²) in [4.78, 5) is 0. The third-order valence-electron chi connectivity index (χ3n) is 12.0. The second-order valence-corrected chi connectivity index (χ2v) is 13.0. The fourth-order valence-electron chi connectivity index (χ4n) is 9.93. The molecule has 0 aromatic rings. The van der Waals surface area contributed by atoms with E-state index >= 15 is 0 Å². The van der Waals surface area contributed by atoms with Gasteiger partial charge in [-0.1, -0.05) is 60.1 Å². The van der Waals surface area contributed by atoms with E-state index < -0.39 is 0 Å². The Morgan fingerprint density at radius 3 is 2.16 bits per heavy atom. The summed E-state index contributed by atoms with van der Waals surface area (Å²) in [5.41, 5.74) is 1.08. The van der Waals surface area contributed by atoms with Crippen LogP contribution in [0, 0.1) is 64.1 Å². The SMILES string of the molecule is CC[C@@H](/C=C/[C@@H](C)[C@H]1CC[C@H]2[C@@H]3CC[C@H]4[C@@H](CO)CC[C@]4(C)[C@H]3CC[C@]12C)[C@@H](C)CC. The molecule has 11 atom stereocenters. The van der Waals surface area contributed by atoms with E-state index in [-0.39, 0.29) is 0 Å². The molecule has 0 heterocycles. The molecule has 0 spiro atoms. The number of allylic oxidation sites excluding steroid dienone is 2. The Bertz CT molecular complexity index is 638.